The van der Waals surface area contributed by atoms with E-state index in [-0.39, 0.29) is 43.9 Å². The van der Waals surface area contributed by atoms with Gasteiger partial charge in [0.15, 0.2) is 11.5 Å². The molecular weight excluding hydrogens is 538 g/mol. The van der Waals surface area contributed by atoms with Gasteiger partial charge in [-0.25, -0.2) is 0 Å². The quantitative estimate of drug-likeness (QED) is 0.279. The van der Waals surface area contributed by atoms with Crippen molar-refractivity contribution in [2.45, 2.75) is 89.4 Å². The SMILES string of the molecule is CCCCN(CCCCN(C)C)C(=O)CN1C[C@H](c2cc(CO)c3c(c2)OCO3)[C@@H](C(=O)O)[C@@H]1CCC1CCCCO1. The molecule has 3 aliphatic heterocycles. The number of hydrogen-bond donors (Lipinski definition) is 2. The summed E-state index contributed by atoms with van der Waals surface area (Å²) in [6, 6.07) is 3.40. The lowest BCUT2D eigenvalue weighted by Crippen LogP contribution is -2.45. The second-order valence-electron chi connectivity index (χ2n) is 12.3. The molecular formula is C32H51N3O7. The number of aliphatic hydroxyl groups is 1. The molecule has 3 heterocycles. The molecule has 4 atom stereocenters. The maximum Gasteiger partial charge on any atom is 0.308 e. The number of benzene rings is 1. The standard InChI is InChI=1S/C32H51N3O7/c1-4-5-14-34(15-8-7-13-33(2)3)29(37)20-35-19-26(23-17-24(21-36)31-28(18-23)41-22-42-31)30(32(38)39)27(35)12-11-25-10-6-9-16-40-25/h17-18,25-27,30,36H,4-16,19-22H2,1-3H3,(H,38,39)/t25?,26-,27+,30-/m1/s1. The molecule has 0 spiro atoms. The first-order valence-corrected chi connectivity index (χ1v) is 15.9. The first-order valence-electron chi connectivity index (χ1n) is 15.9. The van der Waals surface area contributed by atoms with Crippen LogP contribution in [0.4, 0.5) is 0 Å². The Morgan fingerprint density at radius 1 is 1.05 bits per heavy atom. The lowest BCUT2D eigenvalue weighted by molar-refractivity contribution is -0.144. The third-order valence-corrected chi connectivity index (χ3v) is 9.02. The number of rotatable bonds is 16. The van der Waals surface area contributed by atoms with Crippen molar-refractivity contribution in [1.29, 1.82) is 0 Å². The molecule has 1 unspecified atom stereocenters. The minimum Gasteiger partial charge on any atom is -0.481 e. The second kappa shape index (κ2) is 15.9. The molecule has 4 rings (SSSR count). The van der Waals surface area contributed by atoms with Gasteiger partial charge in [0.1, 0.15) is 0 Å². The van der Waals surface area contributed by atoms with Gasteiger partial charge in [0.25, 0.3) is 0 Å². The molecule has 2 N–H and O–H groups in total. The number of likely N-dealkylation sites (tertiary alicyclic amines) is 1. The number of carbonyl (C=O) groups is 2. The van der Waals surface area contributed by atoms with Crippen molar-refractivity contribution in [2.24, 2.45) is 5.92 Å². The molecule has 1 aromatic rings. The second-order valence-corrected chi connectivity index (χ2v) is 12.3. The monoisotopic (exact) mass is 589 g/mol. The minimum atomic E-state index is -0.862. The zero-order valence-electron chi connectivity index (χ0n) is 25.8. The van der Waals surface area contributed by atoms with Gasteiger partial charge in [-0.1, -0.05) is 13.3 Å². The Kier molecular flexibility index (Phi) is 12.3. The van der Waals surface area contributed by atoms with Crippen LogP contribution in [-0.4, -0.2) is 109 Å². The van der Waals surface area contributed by atoms with Crippen molar-refractivity contribution >= 4 is 11.9 Å². The van der Waals surface area contributed by atoms with Crippen LogP contribution >= 0.6 is 0 Å². The summed E-state index contributed by atoms with van der Waals surface area (Å²) in [7, 11) is 4.12. The lowest BCUT2D eigenvalue weighted by Gasteiger charge is -2.31. The van der Waals surface area contributed by atoms with Crippen LogP contribution in [0.25, 0.3) is 0 Å². The number of carboxylic acids is 1. The van der Waals surface area contributed by atoms with E-state index in [9.17, 15) is 19.8 Å². The molecule has 236 valence electrons. The molecule has 1 aromatic carbocycles. The highest BCUT2D eigenvalue weighted by atomic mass is 16.7. The van der Waals surface area contributed by atoms with E-state index < -0.39 is 11.9 Å². The van der Waals surface area contributed by atoms with Crippen LogP contribution in [0.3, 0.4) is 0 Å². The number of aliphatic carboxylic acids is 1. The van der Waals surface area contributed by atoms with Gasteiger partial charge in [-0.3, -0.25) is 14.5 Å². The number of fused-ring (bicyclic) bond motifs is 1. The van der Waals surface area contributed by atoms with E-state index in [4.69, 9.17) is 14.2 Å². The van der Waals surface area contributed by atoms with Gasteiger partial charge in [-0.2, -0.15) is 0 Å². The number of unbranched alkanes of at least 4 members (excludes halogenated alkanes) is 2. The summed E-state index contributed by atoms with van der Waals surface area (Å²) >= 11 is 0. The molecule has 0 bridgehead atoms. The van der Waals surface area contributed by atoms with E-state index in [0.717, 1.165) is 83.2 Å². The van der Waals surface area contributed by atoms with Crippen LogP contribution in [0.2, 0.25) is 0 Å². The van der Waals surface area contributed by atoms with Gasteiger partial charge in [-0.05, 0) is 89.7 Å². The predicted molar refractivity (Wildman–Crippen MR) is 160 cm³/mol. The molecule has 3 aliphatic rings. The van der Waals surface area contributed by atoms with E-state index in [1.807, 2.05) is 17.0 Å². The van der Waals surface area contributed by atoms with Crippen LogP contribution in [0, 0.1) is 5.92 Å². The molecule has 0 radical (unpaired) electrons. The number of carbonyl (C=O) groups excluding carboxylic acids is 1. The van der Waals surface area contributed by atoms with Crippen LogP contribution in [0.15, 0.2) is 12.1 Å². The maximum absolute atomic E-state index is 13.8. The molecule has 42 heavy (non-hydrogen) atoms. The third kappa shape index (κ3) is 8.36. The molecule has 10 nitrogen and oxygen atoms in total. The highest BCUT2D eigenvalue weighted by Gasteiger charge is 2.47. The van der Waals surface area contributed by atoms with Gasteiger partial charge in [0.05, 0.1) is 25.2 Å². The van der Waals surface area contributed by atoms with E-state index in [2.05, 4.69) is 30.8 Å². The summed E-state index contributed by atoms with van der Waals surface area (Å²) in [6.45, 7) is 5.81. The van der Waals surface area contributed by atoms with Crippen molar-refractivity contribution in [1.82, 2.24) is 14.7 Å². The number of ether oxygens (including phenoxy) is 3. The molecule has 0 aromatic heterocycles. The fourth-order valence-electron chi connectivity index (χ4n) is 6.73. The van der Waals surface area contributed by atoms with Crippen molar-refractivity contribution < 1.29 is 34.0 Å². The van der Waals surface area contributed by atoms with E-state index >= 15 is 0 Å². The molecule has 1 amide bonds. The van der Waals surface area contributed by atoms with Crippen molar-refractivity contribution in [3.05, 3.63) is 23.3 Å². The predicted octanol–water partition coefficient (Wildman–Crippen LogP) is 3.70. The van der Waals surface area contributed by atoms with E-state index in [1.54, 1.807) is 0 Å². The fourth-order valence-corrected chi connectivity index (χ4v) is 6.73. The minimum absolute atomic E-state index is 0.0683. The third-order valence-electron chi connectivity index (χ3n) is 9.02. The average Bonchev–Trinajstić information content (AvgIpc) is 3.60. The van der Waals surface area contributed by atoms with E-state index in [0.29, 0.717) is 30.0 Å². The fraction of sp³-hybridized carbons (Fsp3) is 0.750. The molecule has 2 saturated heterocycles. The normalized spacial score (nSPS) is 23.9. The number of hydrogen-bond acceptors (Lipinski definition) is 8. The lowest BCUT2D eigenvalue weighted by atomic mass is 9.82. The van der Waals surface area contributed by atoms with Crippen LogP contribution in [-0.2, 0) is 20.9 Å². The van der Waals surface area contributed by atoms with Crippen LogP contribution in [0.1, 0.15) is 81.8 Å². The number of amides is 1. The van der Waals surface area contributed by atoms with Crippen LogP contribution in [0.5, 0.6) is 11.5 Å². The number of nitrogens with zero attached hydrogens (tertiary/aromatic N) is 3. The highest BCUT2D eigenvalue weighted by molar-refractivity contribution is 5.79. The Hall–Kier alpha value is -2.40. The molecule has 0 aliphatic carbocycles. The molecule has 10 heteroatoms. The maximum atomic E-state index is 13.8. The topological polar surface area (TPSA) is 112 Å². The average molecular weight is 590 g/mol. The van der Waals surface area contributed by atoms with Gasteiger partial charge in [-0.15, -0.1) is 0 Å². The zero-order chi connectivity index (χ0) is 30.1. The summed E-state index contributed by atoms with van der Waals surface area (Å²) in [6.07, 6.45) is 8.68. The Bertz CT molecular complexity index is 1030. The zero-order valence-corrected chi connectivity index (χ0v) is 25.8. The Labute approximate surface area is 250 Å². The Morgan fingerprint density at radius 3 is 2.52 bits per heavy atom. The summed E-state index contributed by atoms with van der Waals surface area (Å²) in [5.41, 5.74) is 1.39. The van der Waals surface area contributed by atoms with Gasteiger partial charge in [0.2, 0.25) is 12.7 Å². The Balaban J connectivity index is 1.56. The smallest absolute Gasteiger partial charge is 0.308 e. The van der Waals surface area contributed by atoms with Crippen molar-refractivity contribution in [3.8, 4) is 11.5 Å². The summed E-state index contributed by atoms with van der Waals surface area (Å²) < 4.78 is 17.2. The highest BCUT2D eigenvalue weighted by Crippen LogP contribution is 2.45. The molecule has 2 fully saturated rings. The number of aliphatic hydroxyl groups excluding tert-OH is 1. The Morgan fingerprint density at radius 2 is 1.83 bits per heavy atom. The summed E-state index contributed by atoms with van der Waals surface area (Å²) in [4.78, 5) is 32.9. The van der Waals surface area contributed by atoms with E-state index in [1.165, 1.54) is 0 Å². The van der Waals surface area contributed by atoms with Crippen molar-refractivity contribution in [2.75, 3.05) is 60.2 Å². The van der Waals surface area contributed by atoms with Crippen LogP contribution < -0.4 is 9.47 Å². The molecule has 0 saturated carbocycles. The first-order chi connectivity index (χ1) is 20.3. The van der Waals surface area contributed by atoms with Gasteiger partial charge in [0, 0.05) is 43.8 Å². The largest absolute Gasteiger partial charge is 0.481 e. The number of carboxylic acid groups (broad SMARTS) is 1. The first kappa shape index (κ1) is 32.5. The summed E-state index contributed by atoms with van der Waals surface area (Å²) in [5.74, 6) is -0.789. The summed E-state index contributed by atoms with van der Waals surface area (Å²) in [5, 5.41) is 20.6. The van der Waals surface area contributed by atoms with Gasteiger partial charge < -0.3 is 34.2 Å². The van der Waals surface area contributed by atoms with Crippen molar-refractivity contribution in [3.63, 3.8) is 0 Å². The van der Waals surface area contributed by atoms with Gasteiger partial charge >= 0.3 is 5.97 Å².